The first-order valence-electron chi connectivity index (χ1n) is 31.7. The van der Waals surface area contributed by atoms with Gasteiger partial charge in [0.25, 0.3) is 0 Å². The lowest BCUT2D eigenvalue weighted by atomic mass is 9.95. The number of oxazole rings is 1. The molecule has 6 aromatic heterocycles. The van der Waals surface area contributed by atoms with Crippen molar-refractivity contribution in [3.05, 3.63) is 275 Å². The smallest absolute Gasteiger partial charge is 0.230 e. The molecular weight excluding hydrogens is 1250 g/mol. The quantitative estimate of drug-likeness (QED) is 0.137. The number of hydrogen-bond acceptors (Lipinski definition) is 13. The van der Waals surface area contributed by atoms with E-state index >= 15 is 0 Å². The molecule has 0 aliphatic heterocycles. The van der Waals surface area contributed by atoms with Crippen LogP contribution in [0.25, 0.3) is 167 Å². The van der Waals surface area contributed by atoms with Crippen LogP contribution < -0.4 is 0 Å². The Morgan fingerprint density at radius 2 is 0.505 bits per heavy atom. The van der Waals surface area contributed by atoms with Crippen LogP contribution >= 0.6 is 0 Å². The molecule has 0 radical (unpaired) electrons. The fourth-order valence-corrected chi connectivity index (χ4v) is 14.5. The van der Waals surface area contributed by atoms with E-state index in [4.69, 9.17) is 24.4 Å². The van der Waals surface area contributed by atoms with Crippen molar-refractivity contribution in [3.63, 3.8) is 0 Å². The lowest BCUT2D eigenvalue weighted by Crippen LogP contribution is -2.17. The highest BCUT2D eigenvalue weighted by molar-refractivity contribution is 6.19. The molecule has 0 saturated carbocycles. The van der Waals surface area contributed by atoms with Crippen LogP contribution in [0.5, 0.6) is 0 Å². The Bertz CT molecular complexity index is 6750. The van der Waals surface area contributed by atoms with E-state index in [0.29, 0.717) is 188 Å². The first-order valence-corrected chi connectivity index (χ1v) is 31.7. The Morgan fingerprint density at radius 1 is 0.248 bits per heavy atom. The normalized spacial score (nSPS) is 11.3. The van der Waals surface area contributed by atoms with Gasteiger partial charge in [-0.3, -0.25) is 0 Å². The summed E-state index contributed by atoms with van der Waals surface area (Å²) in [5.74, 6) is 0.752. The summed E-state index contributed by atoms with van der Waals surface area (Å²) in [6.07, 6.45) is 0. The van der Waals surface area contributed by atoms with Crippen LogP contribution in [-0.2, 0) is 0 Å². The molecule has 0 bridgehead atoms. The molecule has 0 fully saturated rings. The van der Waals surface area contributed by atoms with Gasteiger partial charge in [0, 0.05) is 54.2 Å². The van der Waals surface area contributed by atoms with E-state index in [1.165, 1.54) is 0 Å². The first-order chi connectivity index (χ1) is 49.7. The zero-order chi connectivity index (χ0) is 68.3. The lowest BCUT2D eigenvalue weighted by molar-refractivity contribution is 0.619. The lowest BCUT2D eigenvalue weighted by Gasteiger charge is -2.30. The average Bonchev–Trinajstić information content (AvgIpc) is 1.45. The molecule has 17 heteroatoms. The van der Waals surface area contributed by atoms with Crippen LogP contribution in [0.15, 0.2) is 235 Å². The van der Waals surface area contributed by atoms with Crippen molar-refractivity contribution in [2.24, 2.45) is 0 Å². The van der Waals surface area contributed by atoms with Gasteiger partial charge in [-0.2, -0.15) is 42.1 Å². The van der Waals surface area contributed by atoms with Gasteiger partial charge >= 0.3 is 0 Å². The van der Waals surface area contributed by atoms with Crippen molar-refractivity contribution < 1.29 is 4.42 Å². The van der Waals surface area contributed by atoms with Crippen molar-refractivity contribution in [1.29, 1.82) is 42.1 Å². The van der Waals surface area contributed by atoms with Crippen molar-refractivity contribution in [1.82, 2.24) is 38.2 Å². The van der Waals surface area contributed by atoms with Gasteiger partial charge in [-0.05, 0) is 158 Å². The molecule has 0 aliphatic carbocycles. The number of nitriles is 8. The Hall–Kier alpha value is -15.8. The van der Waals surface area contributed by atoms with Gasteiger partial charge in [0.1, 0.15) is 5.52 Å². The Morgan fingerprint density at radius 3 is 0.792 bits per heavy atom. The van der Waals surface area contributed by atoms with E-state index in [9.17, 15) is 42.1 Å². The molecule has 0 saturated heterocycles. The Balaban J connectivity index is 1.25. The minimum atomic E-state index is 0.0728. The van der Waals surface area contributed by atoms with Crippen LogP contribution in [0.1, 0.15) is 44.5 Å². The molecule has 18 rings (SSSR count). The molecule has 17 nitrogen and oxygen atoms in total. The van der Waals surface area contributed by atoms with Crippen LogP contribution in [0, 0.1) is 90.6 Å². The zero-order valence-corrected chi connectivity index (χ0v) is 52.5. The maximum Gasteiger partial charge on any atom is 0.230 e. The maximum absolute atomic E-state index is 10.9. The summed E-state index contributed by atoms with van der Waals surface area (Å²) in [5.41, 5.74) is 11.5. The standard InChI is InChI=1S/C84H38N16O/c85-39-47-15-23-66-57(31-47)58-32-48(40-86)16-24-67(58)97(66)77-75(83-95-81(55-9-3-1-4-10-55)94-82(96-83)56-11-5-2-6-12-56)76(84-93-65-13-7-8-14-74(65)101-84)78(98-68-25-17-49(41-87)33-59(68)60-34-50(42-88)18-26-69(60)98)80(100-72-29-21-53(45-91)37-63(72)64-38-54(46-92)22-30-73(64)100)79(77)99-70-27-19-51(43-89)35-61(70)62-36-52(44-90)20-28-71(62)99/h1-38H. The largest absolute Gasteiger partial charge is 0.436 e. The molecular formula is C84H38N16O. The number of fused-ring (bicyclic) bond motifs is 13. The Labute approximate surface area is 571 Å². The SMILES string of the molecule is N#Cc1ccc2c(c1)c1cc(C#N)ccc1n2-c1c(-c2nc(-c3ccccc3)nc(-c3ccccc3)n2)c(-c2nc3ccccc3o2)c(-n2c3ccc(C#N)cc3c3cc(C#N)ccc32)c(-n2c3ccc(C#N)cc3c3cc(C#N)ccc32)c1-n1c2ccc(C#N)cc2c2cc(C#N)ccc21. The van der Waals surface area contributed by atoms with Crippen molar-refractivity contribution in [3.8, 4) is 117 Å². The number of nitrogens with zero attached hydrogens (tertiary/aromatic N) is 16. The summed E-state index contributed by atoms with van der Waals surface area (Å²) >= 11 is 0. The number of rotatable bonds is 8. The number of hydrogen-bond donors (Lipinski definition) is 0. The molecule has 101 heavy (non-hydrogen) atoms. The summed E-state index contributed by atoms with van der Waals surface area (Å²) in [6.45, 7) is 0. The van der Waals surface area contributed by atoms with Crippen LogP contribution in [0.2, 0.25) is 0 Å². The van der Waals surface area contributed by atoms with Gasteiger partial charge in [0.15, 0.2) is 23.1 Å². The van der Waals surface area contributed by atoms with Gasteiger partial charge < -0.3 is 22.7 Å². The molecule has 0 amide bonds. The number of benzene rings is 12. The zero-order valence-electron chi connectivity index (χ0n) is 52.5. The minimum absolute atomic E-state index is 0.0728. The van der Waals surface area contributed by atoms with Crippen LogP contribution in [0.3, 0.4) is 0 Å². The third-order valence-corrected chi connectivity index (χ3v) is 18.8. The topological polar surface area (TPSA) is 275 Å². The van der Waals surface area contributed by atoms with E-state index in [1.54, 1.807) is 97.1 Å². The molecule has 0 aliphatic rings. The summed E-state index contributed by atoms with van der Waals surface area (Å²) in [6, 6.07) is 88.9. The van der Waals surface area contributed by atoms with E-state index in [-0.39, 0.29) is 23.4 Å². The molecule has 12 aromatic carbocycles. The third kappa shape index (κ3) is 8.75. The molecule has 0 atom stereocenters. The van der Waals surface area contributed by atoms with Gasteiger partial charge in [0.05, 0.1) is 171 Å². The maximum atomic E-state index is 10.9. The van der Waals surface area contributed by atoms with Crippen molar-refractivity contribution in [2.75, 3.05) is 0 Å². The fourth-order valence-electron chi connectivity index (χ4n) is 14.5. The second-order valence-corrected chi connectivity index (χ2v) is 24.3. The second kappa shape index (κ2) is 22.5. The van der Waals surface area contributed by atoms with Crippen molar-refractivity contribution in [2.45, 2.75) is 0 Å². The summed E-state index contributed by atoms with van der Waals surface area (Å²) in [7, 11) is 0. The van der Waals surface area contributed by atoms with E-state index in [1.807, 2.05) is 133 Å². The molecule has 0 unspecified atom stereocenters. The van der Waals surface area contributed by atoms with Gasteiger partial charge in [0.2, 0.25) is 5.89 Å². The summed E-state index contributed by atoms with van der Waals surface area (Å²) in [4.78, 5) is 22.3. The van der Waals surface area contributed by atoms with Crippen LogP contribution in [0.4, 0.5) is 0 Å². The van der Waals surface area contributed by atoms with E-state index < -0.39 is 0 Å². The molecule has 0 spiro atoms. The predicted molar refractivity (Wildman–Crippen MR) is 384 cm³/mol. The molecule has 0 N–H and O–H groups in total. The third-order valence-electron chi connectivity index (χ3n) is 18.8. The highest BCUT2D eigenvalue weighted by Crippen LogP contribution is 2.55. The van der Waals surface area contributed by atoms with E-state index in [2.05, 4.69) is 66.8 Å². The van der Waals surface area contributed by atoms with E-state index in [0.717, 1.165) is 0 Å². The summed E-state index contributed by atoms with van der Waals surface area (Å²) in [5, 5.41) is 91.5. The summed E-state index contributed by atoms with van der Waals surface area (Å²) < 4.78 is 15.8. The molecule has 460 valence electrons. The molecule has 6 heterocycles. The predicted octanol–water partition coefficient (Wildman–Crippen LogP) is 18.0. The minimum Gasteiger partial charge on any atom is -0.436 e. The van der Waals surface area contributed by atoms with Crippen LogP contribution in [-0.4, -0.2) is 38.2 Å². The van der Waals surface area contributed by atoms with Gasteiger partial charge in [-0.25, -0.2) is 19.9 Å². The van der Waals surface area contributed by atoms with Crippen molar-refractivity contribution >= 4 is 98.3 Å². The monoisotopic (exact) mass is 1290 g/mol. The average molecular weight is 1290 g/mol. The fraction of sp³-hybridized carbons (Fsp3) is 0. The highest BCUT2D eigenvalue weighted by atomic mass is 16.3. The Kier molecular flexibility index (Phi) is 12.9. The number of para-hydroxylation sites is 2. The first kappa shape index (κ1) is 57.9. The van der Waals surface area contributed by atoms with Gasteiger partial charge in [-0.1, -0.05) is 72.8 Å². The number of aromatic nitrogens is 8. The van der Waals surface area contributed by atoms with Gasteiger partial charge in [-0.15, -0.1) is 0 Å². The second-order valence-electron chi connectivity index (χ2n) is 24.3. The highest BCUT2D eigenvalue weighted by Gasteiger charge is 2.39. The molecule has 18 aromatic rings.